The van der Waals surface area contributed by atoms with E-state index in [2.05, 4.69) is 0 Å². The fraction of sp³-hybridized carbons (Fsp3) is 0.529. The molecule has 156 valence electrons. The van der Waals surface area contributed by atoms with Crippen molar-refractivity contribution in [2.24, 2.45) is 0 Å². The number of nitrogens with zero attached hydrogens (tertiary/aromatic N) is 2. The highest BCUT2D eigenvalue weighted by atomic mass is 35.5. The van der Waals surface area contributed by atoms with Crippen LogP contribution in [0, 0.1) is 0 Å². The minimum atomic E-state index is -4.02. The van der Waals surface area contributed by atoms with E-state index in [1.807, 2.05) is 0 Å². The Morgan fingerprint density at radius 1 is 1.25 bits per heavy atom. The van der Waals surface area contributed by atoms with Crippen molar-refractivity contribution in [1.82, 2.24) is 9.21 Å². The molecule has 1 N–H and O–H groups in total. The van der Waals surface area contributed by atoms with Crippen LogP contribution in [-0.4, -0.2) is 66.1 Å². The zero-order valence-electron chi connectivity index (χ0n) is 15.7. The molecule has 1 amide bonds. The second kappa shape index (κ2) is 8.44. The van der Waals surface area contributed by atoms with E-state index in [0.29, 0.717) is 5.02 Å². The van der Waals surface area contributed by atoms with Crippen molar-refractivity contribution in [1.29, 1.82) is 0 Å². The van der Waals surface area contributed by atoms with Crippen molar-refractivity contribution in [3.05, 3.63) is 33.8 Å². The third-order valence-electron chi connectivity index (χ3n) is 3.97. The standard InChI is InChI=1S/C17H22Cl2N2O6S/c1-17(2,3)27-16(24)20-6-7-21(14(9-20)15(22)23)28(25,26)10-11-8-12(18)4-5-13(11)19/h4-5,8,14H,6-7,9-10H2,1-3H3,(H,22,23). The summed E-state index contributed by atoms with van der Waals surface area (Å²) in [6, 6.07) is 3.00. The highest BCUT2D eigenvalue weighted by Gasteiger charge is 2.41. The number of carbonyl (C=O) groups excluding carboxylic acids is 1. The van der Waals surface area contributed by atoms with Crippen LogP contribution in [0.25, 0.3) is 0 Å². The van der Waals surface area contributed by atoms with E-state index in [9.17, 15) is 23.1 Å². The summed E-state index contributed by atoms with van der Waals surface area (Å²) < 4.78 is 31.9. The molecule has 1 aromatic carbocycles. The first-order valence-electron chi connectivity index (χ1n) is 8.44. The molecule has 11 heteroatoms. The van der Waals surface area contributed by atoms with Crippen LogP contribution < -0.4 is 0 Å². The molecule has 1 saturated heterocycles. The van der Waals surface area contributed by atoms with E-state index in [0.717, 1.165) is 4.31 Å². The van der Waals surface area contributed by atoms with Crippen LogP contribution in [0.2, 0.25) is 10.0 Å². The van der Waals surface area contributed by atoms with Crippen LogP contribution >= 0.6 is 23.2 Å². The number of rotatable bonds is 4. The third kappa shape index (κ3) is 5.73. The summed E-state index contributed by atoms with van der Waals surface area (Å²) in [6.45, 7) is 4.60. The topological polar surface area (TPSA) is 104 Å². The van der Waals surface area contributed by atoms with Gasteiger partial charge in [0.25, 0.3) is 0 Å². The lowest BCUT2D eigenvalue weighted by Crippen LogP contribution is -2.59. The largest absolute Gasteiger partial charge is 0.480 e. The highest BCUT2D eigenvalue weighted by Crippen LogP contribution is 2.26. The molecule has 0 spiro atoms. The predicted octanol–water partition coefficient (Wildman–Crippen LogP) is 2.83. The van der Waals surface area contributed by atoms with E-state index >= 15 is 0 Å². The van der Waals surface area contributed by atoms with Crippen molar-refractivity contribution in [2.75, 3.05) is 19.6 Å². The van der Waals surface area contributed by atoms with Crippen LogP contribution in [0.4, 0.5) is 4.79 Å². The molecule has 1 unspecified atom stereocenters. The molecule has 1 fully saturated rings. The number of sulfonamides is 1. The third-order valence-corrected chi connectivity index (χ3v) is 6.40. The molecule has 1 aliphatic heterocycles. The molecular weight excluding hydrogens is 431 g/mol. The zero-order chi connectivity index (χ0) is 21.3. The van der Waals surface area contributed by atoms with Gasteiger partial charge in [0.15, 0.2) is 0 Å². The van der Waals surface area contributed by atoms with E-state index in [1.54, 1.807) is 20.8 Å². The number of amides is 1. The molecule has 1 aliphatic rings. The monoisotopic (exact) mass is 452 g/mol. The van der Waals surface area contributed by atoms with Gasteiger partial charge in [-0.25, -0.2) is 13.2 Å². The normalized spacial score (nSPS) is 18.8. The number of benzene rings is 1. The number of ether oxygens (including phenoxy) is 1. The van der Waals surface area contributed by atoms with Gasteiger partial charge in [0.1, 0.15) is 11.6 Å². The Kier molecular flexibility index (Phi) is 6.86. The van der Waals surface area contributed by atoms with Gasteiger partial charge >= 0.3 is 12.1 Å². The average Bonchev–Trinajstić information content (AvgIpc) is 2.55. The van der Waals surface area contributed by atoms with Crippen LogP contribution in [0.3, 0.4) is 0 Å². The minimum absolute atomic E-state index is 0.0151. The molecule has 1 aromatic rings. The Morgan fingerprint density at radius 2 is 1.89 bits per heavy atom. The van der Waals surface area contributed by atoms with E-state index in [1.165, 1.54) is 23.1 Å². The molecule has 8 nitrogen and oxygen atoms in total. The quantitative estimate of drug-likeness (QED) is 0.752. The van der Waals surface area contributed by atoms with Gasteiger partial charge in [-0.3, -0.25) is 4.79 Å². The maximum Gasteiger partial charge on any atom is 0.410 e. The first-order valence-corrected chi connectivity index (χ1v) is 10.8. The van der Waals surface area contributed by atoms with Gasteiger partial charge in [0.05, 0.1) is 12.3 Å². The lowest BCUT2D eigenvalue weighted by molar-refractivity contribution is -0.143. The number of piperazine rings is 1. The van der Waals surface area contributed by atoms with Crippen molar-refractivity contribution in [2.45, 2.75) is 38.2 Å². The van der Waals surface area contributed by atoms with Gasteiger partial charge < -0.3 is 14.7 Å². The summed E-state index contributed by atoms with van der Waals surface area (Å²) in [4.78, 5) is 25.1. The first-order chi connectivity index (χ1) is 12.8. The lowest BCUT2D eigenvalue weighted by atomic mass is 10.2. The summed E-state index contributed by atoms with van der Waals surface area (Å²) in [6.07, 6.45) is -0.686. The summed E-state index contributed by atoms with van der Waals surface area (Å²) in [5.41, 5.74) is -0.476. The number of aliphatic carboxylic acids is 1. The maximum atomic E-state index is 12.9. The first kappa shape index (κ1) is 22.7. The van der Waals surface area contributed by atoms with Gasteiger partial charge in [0, 0.05) is 23.1 Å². The molecular formula is C17H22Cl2N2O6S. The highest BCUT2D eigenvalue weighted by molar-refractivity contribution is 7.88. The molecule has 1 heterocycles. The number of hydrogen-bond acceptors (Lipinski definition) is 5. The average molecular weight is 453 g/mol. The smallest absolute Gasteiger partial charge is 0.410 e. The lowest BCUT2D eigenvalue weighted by Gasteiger charge is -2.38. The fourth-order valence-electron chi connectivity index (χ4n) is 2.73. The Morgan fingerprint density at radius 3 is 2.46 bits per heavy atom. The van der Waals surface area contributed by atoms with Crippen LogP contribution in [0.5, 0.6) is 0 Å². The predicted molar refractivity (Wildman–Crippen MR) is 105 cm³/mol. The summed E-state index contributed by atoms with van der Waals surface area (Å²) in [5, 5.41) is 10.1. The molecule has 28 heavy (non-hydrogen) atoms. The molecule has 0 saturated carbocycles. The molecule has 0 aromatic heterocycles. The molecule has 0 radical (unpaired) electrons. The van der Waals surface area contributed by atoms with Crippen molar-refractivity contribution in [3.63, 3.8) is 0 Å². The molecule has 0 bridgehead atoms. The molecule has 0 aliphatic carbocycles. The van der Waals surface area contributed by atoms with E-state index in [-0.39, 0.29) is 30.2 Å². The van der Waals surface area contributed by atoms with Gasteiger partial charge in [-0.1, -0.05) is 23.2 Å². The summed E-state index contributed by atoms with van der Waals surface area (Å²) in [7, 11) is -4.02. The van der Waals surface area contributed by atoms with Gasteiger partial charge in [-0.05, 0) is 44.5 Å². The number of carboxylic acids is 1. The number of carboxylic acid groups (broad SMARTS) is 1. The van der Waals surface area contributed by atoms with E-state index in [4.69, 9.17) is 27.9 Å². The second-order valence-electron chi connectivity index (χ2n) is 7.38. The minimum Gasteiger partial charge on any atom is -0.480 e. The molecule has 1 atom stereocenters. The van der Waals surface area contributed by atoms with Crippen molar-refractivity contribution < 1.29 is 27.9 Å². The second-order valence-corrected chi connectivity index (χ2v) is 10.1. The van der Waals surface area contributed by atoms with Gasteiger partial charge in [-0.15, -0.1) is 0 Å². The Hall–Kier alpha value is -1.55. The van der Waals surface area contributed by atoms with Crippen LogP contribution in [0.1, 0.15) is 26.3 Å². The Balaban J connectivity index is 2.21. The number of halogens is 2. The SMILES string of the molecule is CC(C)(C)OC(=O)N1CCN(S(=O)(=O)Cc2cc(Cl)ccc2Cl)C(C(=O)O)C1. The number of hydrogen-bond donors (Lipinski definition) is 1. The fourth-order valence-corrected chi connectivity index (χ4v) is 4.89. The summed E-state index contributed by atoms with van der Waals surface area (Å²) in [5.74, 6) is -1.85. The Bertz CT molecular complexity index is 869. The van der Waals surface area contributed by atoms with E-state index < -0.39 is 39.5 Å². The van der Waals surface area contributed by atoms with Gasteiger partial charge in [-0.2, -0.15) is 4.31 Å². The summed E-state index contributed by atoms with van der Waals surface area (Å²) >= 11 is 11.9. The van der Waals surface area contributed by atoms with Gasteiger partial charge in [0.2, 0.25) is 10.0 Å². The van der Waals surface area contributed by atoms with Crippen LogP contribution in [0.15, 0.2) is 18.2 Å². The van der Waals surface area contributed by atoms with Crippen molar-refractivity contribution >= 4 is 45.3 Å². The Labute approximate surface area is 174 Å². The van der Waals surface area contributed by atoms with Crippen molar-refractivity contribution in [3.8, 4) is 0 Å². The van der Waals surface area contributed by atoms with Crippen LogP contribution in [-0.2, 0) is 25.3 Å². The molecule has 2 rings (SSSR count). The number of carbonyl (C=O) groups is 2. The maximum absolute atomic E-state index is 12.9. The zero-order valence-corrected chi connectivity index (χ0v) is 18.0.